The van der Waals surface area contributed by atoms with Gasteiger partial charge in [-0.25, -0.2) is 9.78 Å². The molecule has 0 unspecified atom stereocenters. The van der Waals surface area contributed by atoms with Crippen molar-refractivity contribution in [1.82, 2.24) is 10.2 Å². The van der Waals surface area contributed by atoms with E-state index in [1.54, 1.807) is 0 Å². The zero-order chi connectivity index (χ0) is 21.5. The van der Waals surface area contributed by atoms with Gasteiger partial charge in [0.1, 0.15) is 0 Å². The topological polar surface area (TPSA) is 70.7 Å². The van der Waals surface area contributed by atoms with Gasteiger partial charge >= 0.3 is 0 Å². The number of hydrogen-bond donors (Lipinski definition) is 1. The van der Waals surface area contributed by atoms with Crippen molar-refractivity contribution in [3.8, 4) is 0 Å². The van der Waals surface area contributed by atoms with Gasteiger partial charge in [-0.3, -0.25) is 4.90 Å². The smallest absolute Gasteiger partial charge is 0.201 e. The SMILES string of the molecule is C[C@H]1[C@@H](OCCNCCN2CCOCC2)O[C@@H]2O[C@@]3(C)CC[C@H]4[C@H](C)CC[C@@H]1[C@@]24OO3. The normalized spacial score (nSPS) is 47.7. The summed E-state index contributed by atoms with van der Waals surface area (Å²) in [4.78, 5) is 14.5. The van der Waals surface area contributed by atoms with Crippen LogP contribution in [0, 0.1) is 23.7 Å². The van der Waals surface area contributed by atoms with E-state index in [1.165, 1.54) is 6.42 Å². The Morgan fingerprint density at radius 2 is 1.87 bits per heavy atom. The Balaban J connectivity index is 1.16. The van der Waals surface area contributed by atoms with Gasteiger partial charge in [0, 0.05) is 51.0 Å². The van der Waals surface area contributed by atoms with Crippen LogP contribution < -0.4 is 5.32 Å². The largest absolute Gasteiger partial charge is 0.379 e. The Morgan fingerprint density at radius 3 is 2.71 bits per heavy atom. The number of hydrogen-bond acceptors (Lipinski definition) is 8. The average Bonchev–Trinajstić information content (AvgIpc) is 3.00. The molecular weight excluding hydrogens is 400 g/mol. The molecule has 1 aliphatic carbocycles. The van der Waals surface area contributed by atoms with Crippen LogP contribution in [0.3, 0.4) is 0 Å². The van der Waals surface area contributed by atoms with E-state index in [-0.39, 0.29) is 12.2 Å². The number of rotatable bonds is 7. The highest BCUT2D eigenvalue weighted by atomic mass is 17.3. The minimum absolute atomic E-state index is 0.231. The van der Waals surface area contributed by atoms with Crippen LogP contribution in [-0.4, -0.2) is 81.4 Å². The maximum atomic E-state index is 6.46. The number of ether oxygens (including phenoxy) is 4. The molecule has 178 valence electrons. The van der Waals surface area contributed by atoms with Crippen LogP contribution in [0.15, 0.2) is 0 Å². The van der Waals surface area contributed by atoms with Crippen molar-refractivity contribution in [3.63, 3.8) is 0 Å². The Labute approximate surface area is 186 Å². The Hall–Kier alpha value is -0.320. The summed E-state index contributed by atoms with van der Waals surface area (Å²) >= 11 is 0. The second-order valence-corrected chi connectivity index (χ2v) is 10.3. The van der Waals surface area contributed by atoms with Gasteiger partial charge in [0.25, 0.3) is 0 Å². The van der Waals surface area contributed by atoms with Crippen LogP contribution in [0.25, 0.3) is 0 Å². The summed E-state index contributed by atoms with van der Waals surface area (Å²) in [5.74, 6) is 0.786. The van der Waals surface area contributed by atoms with E-state index in [9.17, 15) is 0 Å². The Bertz CT molecular complexity index is 619. The summed E-state index contributed by atoms with van der Waals surface area (Å²) in [6.07, 6.45) is 3.50. The van der Waals surface area contributed by atoms with Gasteiger partial charge in [-0.1, -0.05) is 13.8 Å². The van der Waals surface area contributed by atoms with Gasteiger partial charge in [0.05, 0.1) is 19.8 Å². The van der Waals surface area contributed by atoms with Crippen molar-refractivity contribution in [2.45, 2.75) is 70.4 Å². The molecule has 6 fully saturated rings. The van der Waals surface area contributed by atoms with E-state index in [0.29, 0.717) is 24.4 Å². The lowest BCUT2D eigenvalue weighted by Crippen LogP contribution is -2.70. The van der Waals surface area contributed by atoms with Crippen molar-refractivity contribution in [2.75, 3.05) is 52.5 Å². The first kappa shape index (κ1) is 22.5. The van der Waals surface area contributed by atoms with E-state index in [1.807, 2.05) is 6.92 Å². The highest BCUT2D eigenvalue weighted by Gasteiger charge is 2.69. The van der Waals surface area contributed by atoms with E-state index >= 15 is 0 Å². The van der Waals surface area contributed by atoms with Crippen molar-refractivity contribution >= 4 is 0 Å². The maximum Gasteiger partial charge on any atom is 0.201 e. The van der Waals surface area contributed by atoms with E-state index < -0.39 is 17.7 Å². The highest BCUT2D eigenvalue weighted by molar-refractivity contribution is 5.09. The molecule has 8 nitrogen and oxygen atoms in total. The summed E-state index contributed by atoms with van der Waals surface area (Å²) in [7, 11) is 0. The average molecular weight is 441 g/mol. The van der Waals surface area contributed by atoms with Gasteiger partial charge in [-0.15, -0.1) is 0 Å². The molecule has 8 atom stereocenters. The quantitative estimate of drug-likeness (QED) is 0.477. The molecule has 0 aromatic rings. The van der Waals surface area contributed by atoms with Crippen molar-refractivity contribution < 1.29 is 28.7 Å². The zero-order valence-corrected chi connectivity index (χ0v) is 19.3. The van der Waals surface area contributed by atoms with E-state index in [4.69, 9.17) is 28.7 Å². The fourth-order valence-corrected chi connectivity index (χ4v) is 6.50. The molecular formula is C23H40N2O6. The second kappa shape index (κ2) is 9.14. The predicted molar refractivity (Wildman–Crippen MR) is 113 cm³/mol. The Kier molecular flexibility index (Phi) is 6.63. The molecule has 6 aliphatic rings. The second-order valence-electron chi connectivity index (χ2n) is 10.3. The first-order valence-corrected chi connectivity index (χ1v) is 12.3. The predicted octanol–water partition coefficient (Wildman–Crippen LogP) is 2.13. The summed E-state index contributed by atoms with van der Waals surface area (Å²) in [5, 5.41) is 3.50. The molecule has 8 heteroatoms. The highest BCUT2D eigenvalue weighted by Crippen LogP contribution is 2.60. The molecule has 1 saturated carbocycles. The first-order valence-electron chi connectivity index (χ1n) is 12.3. The number of fused-ring (bicyclic) bond motifs is 2. The fourth-order valence-electron chi connectivity index (χ4n) is 6.50. The van der Waals surface area contributed by atoms with Gasteiger partial charge in [0.2, 0.25) is 5.79 Å². The number of nitrogens with one attached hydrogen (secondary N) is 1. The third-order valence-corrected chi connectivity index (χ3v) is 8.37. The van der Waals surface area contributed by atoms with Crippen molar-refractivity contribution in [1.29, 1.82) is 0 Å². The summed E-state index contributed by atoms with van der Waals surface area (Å²) < 4.78 is 24.5. The molecule has 2 bridgehead atoms. The van der Waals surface area contributed by atoms with E-state index in [0.717, 1.165) is 65.2 Å². The number of morpholine rings is 1. The molecule has 6 rings (SSSR count). The van der Waals surface area contributed by atoms with Crippen LogP contribution in [0.2, 0.25) is 0 Å². The van der Waals surface area contributed by atoms with Crippen LogP contribution in [0.1, 0.15) is 46.5 Å². The maximum absolute atomic E-state index is 6.46. The molecule has 0 amide bonds. The van der Waals surface area contributed by atoms with Gasteiger partial charge in [-0.2, -0.15) is 0 Å². The zero-order valence-electron chi connectivity index (χ0n) is 19.3. The standard InChI is InChI=1S/C23H40N2O6/c1-16-4-5-19-17(2)20(27-13-9-24-8-10-25-11-14-26-15-12-25)28-21-23(19)18(16)6-7-22(3,29-21)30-31-23/h16-21,24H,4-15H2,1-3H3/t16-,17-,18+,19+,20+,21-,22-,23-/m1/s1. The summed E-state index contributed by atoms with van der Waals surface area (Å²) in [6, 6.07) is 0. The molecule has 5 saturated heterocycles. The molecule has 0 aromatic heterocycles. The minimum atomic E-state index is -0.732. The van der Waals surface area contributed by atoms with Crippen LogP contribution in [0.5, 0.6) is 0 Å². The summed E-state index contributed by atoms with van der Waals surface area (Å²) in [6.45, 7) is 13.7. The molecule has 5 aliphatic heterocycles. The molecule has 1 spiro atoms. The Morgan fingerprint density at radius 1 is 1.03 bits per heavy atom. The van der Waals surface area contributed by atoms with Crippen LogP contribution in [0.4, 0.5) is 0 Å². The van der Waals surface area contributed by atoms with E-state index in [2.05, 4.69) is 24.1 Å². The van der Waals surface area contributed by atoms with Gasteiger partial charge in [0.15, 0.2) is 18.2 Å². The van der Waals surface area contributed by atoms with Gasteiger partial charge in [-0.05, 0) is 38.0 Å². The third kappa shape index (κ3) is 4.19. The monoisotopic (exact) mass is 440 g/mol. The molecule has 0 aromatic carbocycles. The van der Waals surface area contributed by atoms with Crippen molar-refractivity contribution in [2.24, 2.45) is 23.7 Å². The lowest BCUT2D eigenvalue weighted by Gasteiger charge is -2.60. The molecule has 0 radical (unpaired) electrons. The number of nitrogens with zero attached hydrogens (tertiary/aromatic N) is 1. The molecule has 31 heavy (non-hydrogen) atoms. The molecule has 1 N–H and O–H groups in total. The lowest BCUT2D eigenvalue weighted by atomic mass is 9.58. The lowest BCUT2D eigenvalue weighted by molar-refractivity contribution is -0.577. The molecule has 5 heterocycles. The van der Waals surface area contributed by atoms with Crippen molar-refractivity contribution in [3.05, 3.63) is 0 Å². The fraction of sp³-hybridized carbons (Fsp3) is 1.00. The van der Waals surface area contributed by atoms with Crippen LogP contribution >= 0.6 is 0 Å². The van der Waals surface area contributed by atoms with Gasteiger partial charge < -0.3 is 24.3 Å². The summed E-state index contributed by atoms with van der Waals surface area (Å²) in [5.41, 5.74) is -0.511. The van der Waals surface area contributed by atoms with Crippen LogP contribution in [-0.2, 0) is 28.7 Å². The minimum Gasteiger partial charge on any atom is -0.379 e. The first-order chi connectivity index (χ1) is 15.0. The third-order valence-electron chi connectivity index (χ3n) is 8.37.